The van der Waals surface area contributed by atoms with E-state index in [4.69, 9.17) is 16.3 Å². The van der Waals surface area contributed by atoms with Crippen LogP contribution in [-0.4, -0.2) is 50.3 Å². The van der Waals surface area contributed by atoms with Crippen molar-refractivity contribution < 1.29 is 17.5 Å². The summed E-state index contributed by atoms with van der Waals surface area (Å²) in [6, 6.07) is 20.0. The second kappa shape index (κ2) is 11.2. The first-order valence-corrected chi connectivity index (χ1v) is 13.5. The van der Waals surface area contributed by atoms with Crippen LogP contribution in [0, 0.1) is 19.7 Å². The van der Waals surface area contributed by atoms with Gasteiger partial charge in [0.15, 0.2) is 0 Å². The van der Waals surface area contributed by atoms with Gasteiger partial charge in [0, 0.05) is 37.7 Å². The van der Waals surface area contributed by atoms with Gasteiger partial charge in [0.25, 0.3) is 0 Å². The summed E-state index contributed by atoms with van der Waals surface area (Å²) in [5.41, 5.74) is 4.00. The first-order chi connectivity index (χ1) is 16.7. The highest BCUT2D eigenvalue weighted by Gasteiger charge is 2.31. The fourth-order valence-electron chi connectivity index (χ4n) is 4.26. The fraction of sp³-hybridized carbons (Fsp3) is 0.333. The predicted molar refractivity (Wildman–Crippen MR) is 136 cm³/mol. The van der Waals surface area contributed by atoms with Crippen LogP contribution >= 0.6 is 11.6 Å². The highest BCUT2D eigenvalue weighted by molar-refractivity contribution is 7.89. The molecule has 4 rings (SSSR count). The van der Waals surface area contributed by atoms with Crippen LogP contribution < -0.4 is 0 Å². The van der Waals surface area contributed by atoms with E-state index in [1.165, 1.54) is 22.0 Å². The first-order valence-electron chi connectivity index (χ1n) is 11.6. The van der Waals surface area contributed by atoms with E-state index in [9.17, 15) is 12.8 Å². The lowest BCUT2D eigenvalue weighted by Crippen LogP contribution is -2.49. The van der Waals surface area contributed by atoms with Gasteiger partial charge >= 0.3 is 0 Å². The minimum absolute atomic E-state index is 0.204. The zero-order valence-electron chi connectivity index (χ0n) is 20.0. The number of benzene rings is 3. The van der Waals surface area contributed by atoms with Crippen molar-refractivity contribution in [1.82, 2.24) is 9.21 Å². The number of piperazine rings is 1. The van der Waals surface area contributed by atoms with Crippen LogP contribution in [0.15, 0.2) is 71.6 Å². The van der Waals surface area contributed by atoms with Crippen LogP contribution in [0.25, 0.3) is 0 Å². The maximum Gasteiger partial charge on any atom is 0.246 e. The van der Waals surface area contributed by atoms with Gasteiger partial charge in [-0.1, -0.05) is 59.6 Å². The van der Waals surface area contributed by atoms with Crippen LogP contribution in [0.4, 0.5) is 4.39 Å². The zero-order chi connectivity index (χ0) is 25.0. The van der Waals surface area contributed by atoms with Gasteiger partial charge in [0.2, 0.25) is 10.0 Å². The maximum atomic E-state index is 14.3. The summed E-state index contributed by atoms with van der Waals surface area (Å²) in [5.74, 6) is -0.717. The maximum absolute atomic E-state index is 14.3. The molecule has 3 aromatic rings. The van der Waals surface area contributed by atoms with E-state index in [0.717, 1.165) is 11.1 Å². The van der Waals surface area contributed by atoms with Crippen molar-refractivity contribution in [3.8, 4) is 0 Å². The average Bonchev–Trinajstić information content (AvgIpc) is 2.84. The third-order valence-electron chi connectivity index (χ3n) is 6.24. The highest BCUT2D eigenvalue weighted by Crippen LogP contribution is 2.25. The van der Waals surface area contributed by atoms with E-state index < -0.39 is 15.8 Å². The standard InChI is InChI=1S/C27H30ClFN2O3S/c1-20-4-3-5-22(16-20)19-34-26(23-7-9-24(28)10-8-23)18-30-12-14-31(15-13-30)35(32,33)27-17-21(2)6-11-25(27)29/h3-11,16-17,26H,12-15,18-19H2,1-2H3/t26-/m1/s1. The van der Waals surface area contributed by atoms with Crippen LogP contribution in [0.2, 0.25) is 5.02 Å². The zero-order valence-corrected chi connectivity index (χ0v) is 21.5. The molecule has 1 aliphatic heterocycles. The van der Waals surface area contributed by atoms with Crippen molar-refractivity contribution in [2.45, 2.75) is 31.5 Å². The smallest absolute Gasteiger partial charge is 0.246 e. The van der Waals surface area contributed by atoms with Crippen LogP contribution in [0.3, 0.4) is 0 Å². The monoisotopic (exact) mass is 516 g/mol. The van der Waals surface area contributed by atoms with Crippen molar-refractivity contribution >= 4 is 21.6 Å². The Balaban J connectivity index is 1.43. The Bertz CT molecular complexity index is 1260. The SMILES string of the molecule is Cc1cccc(CO[C@H](CN2CCN(S(=O)(=O)c3cc(C)ccc3F)CC2)c2ccc(Cl)cc2)c1. The Morgan fingerprint density at radius 3 is 2.31 bits per heavy atom. The van der Waals surface area contributed by atoms with Crippen molar-refractivity contribution in [3.63, 3.8) is 0 Å². The third-order valence-corrected chi connectivity index (χ3v) is 8.40. The molecule has 0 aliphatic carbocycles. The number of rotatable bonds is 8. The van der Waals surface area contributed by atoms with Gasteiger partial charge in [-0.2, -0.15) is 4.31 Å². The molecule has 1 aliphatic rings. The molecule has 0 saturated carbocycles. The molecule has 5 nitrogen and oxygen atoms in total. The van der Waals surface area contributed by atoms with Gasteiger partial charge in [0.1, 0.15) is 10.7 Å². The molecule has 0 N–H and O–H groups in total. The summed E-state index contributed by atoms with van der Waals surface area (Å²) in [6.07, 6.45) is -0.204. The summed E-state index contributed by atoms with van der Waals surface area (Å²) >= 11 is 6.09. The molecule has 1 atom stereocenters. The van der Waals surface area contributed by atoms with E-state index in [1.54, 1.807) is 13.0 Å². The van der Waals surface area contributed by atoms with Crippen molar-refractivity contribution in [2.75, 3.05) is 32.7 Å². The lowest BCUT2D eigenvalue weighted by molar-refractivity contribution is 0.00770. The normalized spacial score (nSPS) is 16.3. The van der Waals surface area contributed by atoms with Gasteiger partial charge in [0.05, 0.1) is 12.7 Å². The summed E-state index contributed by atoms with van der Waals surface area (Å²) in [4.78, 5) is 1.93. The minimum Gasteiger partial charge on any atom is -0.368 e. The van der Waals surface area contributed by atoms with Crippen LogP contribution in [-0.2, 0) is 21.4 Å². The molecular formula is C27H30ClFN2O3S. The van der Waals surface area contributed by atoms with Crippen molar-refractivity contribution in [3.05, 3.63) is 99.8 Å². The number of aryl methyl sites for hydroxylation is 2. The topological polar surface area (TPSA) is 49.9 Å². The molecule has 0 unspecified atom stereocenters. The Morgan fingerprint density at radius 2 is 1.63 bits per heavy atom. The molecule has 3 aromatic carbocycles. The molecule has 186 valence electrons. The second-order valence-corrected chi connectivity index (χ2v) is 11.3. The average molecular weight is 517 g/mol. The Hall–Kier alpha value is -2.29. The summed E-state index contributed by atoms with van der Waals surface area (Å²) in [7, 11) is -3.89. The second-order valence-electron chi connectivity index (χ2n) is 8.98. The van der Waals surface area contributed by atoms with E-state index in [0.29, 0.717) is 49.9 Å². The number of hydrogen-bond acceptors (Lipinski definition) is 4. The van der Waals surface area contributed by atoms with Crippen LogP contribution in [0.5, 0.6) is 0 Å². The molecule has 0 aromatic heterocycles. The molecule has 0 bridgehead atoms. The van der Waals surface area contributed by atoms with E-state index in [-0.39, 0.29) is 11.0 Å². The molecule has 0 spiro atoms. The molecule has 1 saturated heterocycles. The van der Waals surface area contributed by atoms with Gasteiger partial charge in [-0.15, -0.1) is 0 Å². The number of ether oxygens (including phenoxy) is 1. The number of sulfonamides is 1. The molecule has 0 radical (unpaired) electrons. The minimum atomic E-state index is -3.89. The number of halogens is 2. The van der Waals surface area contributed by atoms with E-state index in [1.807, 2.05) is 36.4 Å². The van der Waals surface area contributed by atoms with Gasteiger partial charge in [-0.25, -0.2) is 12.8 Å². The molecule has 1 fully saturated rings. The fourth-order valence-corrected chi connectivity index (χ4v) is 5.96. The molecule has 8 heteroatoms. The Morgan fingerprint density at radius 1 is 0.943 bits per heavy atom. The summed E-state index contributed by atoms with van der Waals surface area (Å²) < 4.78 is 48.1. The third kappa shape index (κ3) is 6.48. The molecular weight excluding hydrogens is 487 g/mol. The van der Waals surface area contributed by atoms with E-state index in [2.05, 4.69) is 24.0 Å². The number of hydrogen-bond donors (Lipinski definition) is 0. The van der Waals surface area contributed by atoms with Crippen molar-refractivity contribution in [1.29, 1.82) is 0 Å². The van der Waals surface area contributed by atoms with Gasteiger partial charge < -0.3 is 4.74 Å². The van der Waals surface area contributed by atoms with Crippen LogP contribution in [0.1, 0.15) is 28.4 Å². The van der Waals surface area contributed by atoms with E-state index >= 15 is 0 Å². The summed E-state index contributed by atoms with van der Waals surface area (Å²) in [6.45, 7) is 6.54. The highest BCUT2D eigenvalue weighted by atomic mass is 35.5. The first kappa shape index (κ1) is 25.8. The quantitative estimate of drug-likeness (QED) is 0.404. The summed E-state index contributed by atoms with van der Waals surface area (Å²) in [5, 5.41) is 0.661. The molecule has 0 amide bonds. The lowest BCUT2D eigenvalue weighted by Gasteiger charge is -2.36. The Labute approximate surface area is 212 Å². The molecule has 1 heterocycles. The van der Waals surface area contributed by atoms with Gasteiger partial charge in [-0.05, 0) is 54.8 Å². The number of nitrogens with zero attached hydrogens (tertiary/aromatic N) is 2. The van der Waals surface area contributed by atoms with Gasteiger partial charge in [-0.3, -0.25) is 4.90 Å². The van der Waals surface area contributed by atoms with Crippen molar-refractivity contribution in [2.24, 2.45) is 0 Å². The lowest BCUT2D eigenvalue weighted by atomic mass is 10.1. The largest absolute Gasteiger partial charge is 0.368 e. The Kier molecular flexibility index (Phi) is 8.24. The molecule has 35 heavy (non-hydrogen) atoms. The predicted octanol–water partition coefficient (Wildman–Crippen LogP) is 5.36.